The number of hydrogen-bond acceptors (Lipinski definition) is 2. The van der Waals surface area contributed by atoms with E-state index in [9.17, 15) is 4.79 Å². The number of aromatic nitrogens is 3. The number of aromatic amines is 1. The highest BCUT2D eigenvalue weighted by atomic mass is 16.1. The van der Waals surface area contributed by atoms with Crippen molar-refractivity contribution in [3.8, 4) is 11.1 Å². The van der Waals surface area contributed by atoms with Crippen molar-refractivity contribution in [2.75, 3.05) is 0 Å². The second kappa shape index (κ2) is 6.65. The molecule has 4 nitrogen and oxygen atoms in total. The van der Waals surface area contributed by atoms with E-state index in [1.807, 2.05) is 55.0 Å². The molecule has 0 bridgehead atoms. The van der Waals surface area contributed by atoms with Crippen LogP contribution in [-0.4, -0.2) is 14.5 Å². The summed E-state index contributed by atoms with van der Waals surface area (Å²) < 4.78 is 2.09. The monoisotopic (exact) mass is 307 g/mol. The minimum absolute atomic E-state index is 0.0563. The summed E-state index contributed by atoms with van der Waals surface area (Å²) in [5, 5.41) is 0. The molecule has 0 saturated heterocycles. The van der Waals surface area contributed by atoms with Crippen molar-refractivity contribution in [3.63, 3.8) is 0 Å². The predicted molar refractivity (Wildman–Crippen MR) is 92.4 cm³/mol. The van der Waals surface area contributed by atoms with E-state index in [0.717, 1.165) is 17.7 Å². The van der Waals surface area contributed by atoms with E-state index in [1.165, 1.54) is 5.69 Å². The van der Waals surface area contributed by atoms with Gasteiger partial charge in [-0.15, -0.1) is 0 Å². The Morgan fingerprint density at radius 1 is 1.13 bits per heavy atom. The first-order valence-corrected chi connectivity index (χ1v) is 7.90. The molecule has 0 saturated carbocycles. The average molecular weight is 307 g/mol. The van der Waals surface area contributed by atoms with E-state index >= 15 is 0 Å². The molecule has 0 unspecified atom stereocenters. The van der Waals surface area contributed by atoms with Gasteiger partial charge >= 0.3 is 0 Å². The molecule has 1 N–H and O–H groups in total. The number of benzene rings is 1. The molecular formula is C19H21N3O. The topological polar surface area (TPSA) is 50.7 Å². The molecule has 1 aromatic carbocycles. The molecule has 0 fully saturated rings. The predicted octanol–water partition coefficient (Wildman–Crippen LogP) is 3.49. The van der Waals surface area contributed by atoms with Crippen LogP contribution < -0.4 is 5.56 Å². The Hall–Kier alpha value is -2.62. The van der Waals surface area contributed by atoms with Crippen molar-refractivity contribution in [2.24, 2.45) is 5.92 Å². The van der Waals surface area contributed by atoms with Gasteiger partial charge in [-0.2, -0.15) is 0 Å². The van der Waals surface area contributed by atoms with Crippen LogP contribution in [0.2, 0.25) is 0 Å². The lowest BCUT2D eigenvalue weighted by atomic mass is 10.1. The molecule has 0 aliphatic carbocycles. The zero-order valence-electron chi connectivity index (χ0n) is 13.5. The molecule has 0 aliphatic rings. The standard InChI is InChI=1S/C19H21N3O/c1-14(2)10-17-11-20-13-22(17)12-16-8-9-18(19(23)21-16)15-6-4-3-5-7-15/h3-9,11,13-14H,10,12H2,1-2H3,(H,21,23). The number of H-pyrrole nitrogens is 1. The van der Waals surface area contributed by atoms with Crippen LogP contribution in [0, 0.1) is 5.92 Å². The molecule has 0 atom stereocenters. The summed E-state index contributed by atoms with van der Waals surface area (Å²) in [5.41, 5.74) is 3.65. The fourth-order valence-electron chi connectivity index (χ4n) is 2.71. The maximum absolute atomic E-state index is 12.4. The van der Waals surface area contributed by atoms with Gasteiger partial charge in [0.25, 0.3) is 5.56 Å². The van der Waals surface area contributed by atoms with Gasteiger partial charge in [0.1, 0.15) is 0 Å². The van der Waals surface area contributed by atoms with Crippen LogP contribution in [0.15, 0.2) is 59.8 Å². The van der Waals surface area contributed by atoms with Gasteiger partial charge in [-0.05, 0) is 30.0 Å². The number of pyridine rings is 1. The first-order chi connectivity index (χ1) is 11.1. The number of rotatable bonds is 5. The van der Waals surface area contributed by atoms with Crippen LogP contribution in [0.1, 0.15) is 25.2 Å². The summed E-state index contributed by atoms with van der Waals surface area (Å²) in [6.07, 6.45) is 4.70. The van der Waals surface area contributed by atoms with E-state index in [2.05, 4.69) is 28.4 Å². The molecular weight excluding hydrogens is 286 g/mol. The molecule has 23 heavy (non-hydrogen) atoms. The molecule has 118 valence electrons. The van der Waals surface area contributed by atoms with E-state index in [-0.39, 0.29) is 5.56 Å². The second-order valence-electron chi connectivity index (χ2n) is 6.20. The summed E-state index contributed by atoms with van der Waals surface area (Å²) in [4.78, 5) is 19.6. The first kappa shape index (κ1) is 15.3. The zero-order valence-corrected chi connectivity index (χ0v) is 13.5. The third kappa shape index (κ3) is 3.59. The smallest absolute Gasteiger partial charge is 0.256 e. The SMILES string of the molecule is CC(C)Cc1cncn1Cc1ccc(-c2ccccc2)c(=O)[nH]1. The Bertz CT molecular complexity index is 831. The quantitative estimate of drug-likeness (QED) is 0.784. The van der Waals surface area contributed by atoms with E-state index in [1.54, 1.807) is 0 Å². The Kier molecular flexibility index (Phi) is 4.42. The lowest BCUT2D eigenvalue weighted by Crippen LogP contribution is -2.14. The maximum atomic E-state index is 12.4. The van der Waals surface area contributed by atoms with Crippen molar-refractivity contribution < 1.29 is 0 Å². The van der Waals surface area contributed by atoms with Crippen molar-refractivity contribution in [2.45, 2.75) is 26.8 Å². The number of imidazole rings is 1. The van der Waals surface area contributed by atoms with Crippen LogP contribution in [0.4, 0.5) is 0 Å². The fourth-order valence-corrected chi connectivity index (χ4v) is 2.71. The van der Waals surface area contributed by atoms with Gasteiger partial charge in [0, 0.05) is 23.1 Å². The lowest BCUT2D eigenvalue weighted by Gasteiger charge is -2.10. The van der Waals surface area contributed by atoms with Crippen LogP contribution in [0.5, 0.6) is 0 Å². The molecule has 0 spiro atoms. The van der Waals surface area contributed by atoms with Crippen molar-refractivity contribution in [1.82, 2.24) is 14.5 Å². The minimum atomic E-state index is -0.0563. The molecule has 4 heteroatoms. The normalized spacial score (nSPS) is 11.1. The van der Waals surface area contributed by atoms with E-state index < -0.39 is 0 Å². The van der Waals surface area contributed by atoms with Gasteiger partial charge in [-0.1, -0.05) is 44.2 Å². The summed E-state index contributed by atoms with van der Waals surface area (Å²) >= 11 is 0. The van der Waals surface area contributed by atoms with Gasteiger partial charge in [0.2, 0.25) is 0 Å². The van der Waals surface area contributed by atoms with Crippen LogP contribution in [0.25, 0.3) is 11.1 Å². The Balaban J connectivity index is 1.84. The lowest BCUT2D eigenvalue weighted by molar-refractivity contribution is 0.601. The summed E-state index contributed by atoms with van der Waals surface area (Å²) in [6, 6.07) is 13.6. The Morgan fingerprint density at radius 3 is 2.61 bits per heavy atom. The van der Waals surface area contributed by atoms with Gasteiger partial charge in [-0.25, -0.2) is 4.98 Å². The molecule has 3 rings (SSSR count). The fraction of sp³-hybridized carbons (Fsp3) is 0.263. The van der Waals surface area contributed by atoms with Crippen molar-refractivity contribution >= 4 is 0 Å². The minimum Gasteiger partial charge on any atom is -0.329 e. The molecule has 3 aromatic rings. The van der Waals surface area contributed by atoms with Gasteiger partial charge < -0.3 is 9.55 Å². The summed E-state index contributed by atoms with van der Waals surface area (Å²) in [5.74, 6) is 0.574. The van der Waals surface area contributed by atoms with Gasteiger partial charge in [0.15, 0.2) is 0 Å². The highest BCUT2D eigenvalue weighted by Crippen LogP contribution is 2.15. The summed E-state index contributed by atoms with van der Waals surface area (Å²) in [7, 11) is 0. The second-order valence-corrected chi connectivity index (χ2v) is 6.20. The molecule has 2 aromatic heterocycles. The van der Waals surface area contributed by atoms with Gasteiger partial charge in [0.05, 0.1) is 12.9 Å². The Morgan fingerprint density at radius 2 is 1.91 bits per heavy atom. The zero-order chi connectivity index (χ0) is 16.2. The molecule has 0 amide bonds. The number of hydrogen-bond donors (Lipinski definition) is 1. The molecule has 2 heterocycles. The third-order valence-electron chi connectivity index (χ3n) is 3.81. The molecule has 0 aliphatic heterocycles. The van der Waals surface area contributed by atoms with Crippen LogP contribution in [0.3, 0.4) is 0 Å². The van der Waals surface area contributed by atoms with E-state index in [4.69, 9.17) is 0 Å². The highest BCUT2D eigenvalue weighted by molar-refractivity contribution is 5.62. The van der Waals surface area contributed by atoms with Crippen molar-refractivity contribution in [1.29, 1.82) is 0 Å². The maximum Gasteiger partial charge on any atom is 0.256 e. The highest BCUT2D eigenvalue weighted by Gasteiger charge is 2.08. The largest absolute Gasteiger partial charge is 0.329 e. The van der Waals surface area contributed by atoms with Crippen LogP contribution >= 0.6 is 0 Å². The Labute approximate surface area is 135 Å². The van der Waals surface area contributed by atoms with Crippen molar-refractivity contribution in [3.05, 3.63) is 76.7 Å². The summed E-state index contributed by atoms with van der Waals surface area (Å²) in [6.45, 7) is 5.01. The van der Waals surface area contributed by atoms with Gasteiger partial charge in [-0.3, -0.25) is 4.79 Å². The van der Waals surface area contributed by atoms with Crippen LogP contribution in [-0.2, 0) is 13.0 Å². The number of nitrogens with zero attached hydrogens (tertiary/aromatic N) is 2. The first-order valence-electron chi connectivity index (χ1n) is 7.90. The number of nitrogens with one attached hydrogen (secondary N) is 1. The average Bonchev–Trinajstić information content (AvgIpc) is 2.94. The third-order valence-corrected chi connectivity index (χ3v) is 3.81. The molecule has 0 radical (unpaired) electrons. The van der Waals surface area contributed by atoms with E-state index in [0.29, 0.717) is 18.0 Å².